The number of aliphatic hydroxyl groups is 1. The number of likely N-dealkylation sites (N-methyl/N-ethyl adjacent to an activating group) is 2. The van der Waals surface area contributed by atoms with E-state index < -0.39 is 6.10 Å². The van der Waals surface area contributed by atoms with Crippen LogP contribution in [0.2, 0.25) is 0 Å². The molecule has 1 saturated heterocycles. The summed E-state index contributed by atoms with van der Waals surface area (Å²) in [5.74, 6) is 0. The van der Waals surface area contributed by atoms with E-state index in [0.717, 1.165) is 17.9 Å². The van der Waals surface area contributed by atoms with Crippen LogP contribution in [-0.2, 0) is 0 Å². The lowest BCUT2D eigenvalue weighted by Gasteiger charge is -2.37. The van der Waals surface area contributed by atoms with E-state index in [4.69, 9.17) is 0 Å². The lowest BCUT2D eigenvalue weighted by molar-refractivity contribution is 0.194. The predicted molar refractivity (Wildman–Crippen MR) is 73.8 cm³/mol. The highest BCUT2D eigenvalue weighted by molar-refractivity contribution is 5.45. The molecule has 1 aromatic rings. The van der Waals surface area contributed by atoms with Gasteiger partial charge in [-0.3, -0.25) is 4.98 Å². The molecule has 2 heterocycles. The first kappa shape index (κ1) is 13.3. The molecule has 1 aliphatic heterocycles. The van der Waals surface area contributed by atoms with Crippen molar-refractivity contribution in [3.05, 3.63) is 24.0 Å². The van der Waals surface area contributed by atoms with Crippen LogP contribution in [0.25, 0.3) is 0 Å². The van der Waals surface area contributed by atoms with Gasteiger partial charge in [0.05, 0.1) is 23.7 Å². The summed E-state index contributed by atoms with van der Waals surface area (Å²) in [7, 11) is 4.30. The lowest BCUT2D eigenvalue weighted by atomic mass is 10.0. The topological polar surface area (TPSA) is 39.6 Å². The number of rotatable bonds is 3. The molecule has 1 unspecified atom stereocenters. The first-order valence-electron chi connectivity index (χ1n) is 6.63. The van der Waals surface area contributed by atoms with Crippen molar-refractivity contribution in [3.63, 3.8) is 0 Å². The van der Waals surface area contributed by atoms with E-state index >= 15 is 0 Å². The van der Waals surface area contributed by atoms with Crippen LogP contribution in [0.4, 0.5) is 5.69 Å². The van der Waals surface area contributed by atoms with E-state index in [1.54, 1.807) is 6.92 Å². The summed E-state index contributed by atoms with van der Waals surface area (Å²) in [6.45, 7) is 4.04. The first-order valence-corrected chi connectivity index (χ1v) is 6.63. The highest BCUT2D eigenvalue weighted by Crippen LogP contribution is 2.21. The van der Waals surface area contributed by atoms with E-state index in [2.05, 4.69) is 28.9 Å². The normalized spacial score (nSPS) is 22.8. The van der Waals surface area contributed by atoms with Crippen LogP contribution in [0.1, 0.15) is 31.6 Å². The fourth-order valence-corrected chi connectivity index (χ4v) is 2.52. The lowest BCUT2D eigenvalue weighted by Crippen LogP contribution is -2.45. The quantitative estimate of drug-likeness (QED) is 0.884. The van der Waals surface area contributed by atoms with Crippen LogP contribution >= 0.6 is 0 Å². The Hall–Kier alpha value is -1.13. The third-order valence-electron chi connectivity index (χ3n) is 3.75. The average molecular weight is 249 g/mol. The van der Waals surface area contributed by atoms with Crippen LogP contribution < -0.4 is 4.90 Å². The van der Waals surface area contributed by atoms with E-state index in [1.807, 2.05) is 18.3 Å². The Morgan fingerprint density at radius 3 is 2.83 bits per heavy atom. The monoisotopic (exact) mass is 249 g/mol. The zero-order valence-corrected chi connectivity index (χ0v) is 11.5. The van der Waals surface area contributed by atoms with E-state index in [-0.39, 0.29) is 0 Å². The molecule has 0 bridgehead atoms. The molecule has 2 atom stereocenters. The van der Waals surface area contributed by atoms with Crippen molar-refractivity contribution < 1.29 is 5.11 Å². The smallest absolute Gasteiger partial charge is 0.0931 e. The van der Waals surface area contributed by atoms with Gasteiger partial charge in [-0.15, -0.1) is 0 Å². The average Bonchev–Trinajstić information content (AvgIpc) is 2.38. The maximum absolute atomic E-state index is 9.45. The van der Waals surface area contributed by atoms with Gasteiger partial charge >= 0.3 is 0 Å². The molecular weight excluding hydrogens is 226 g/mol. The van der Waals surface area contributed by atoms with Gasteiger partial charge < -0.3 is 14.9 Å². The Balaban J connectivity index is 2.05. The Labute approximate surface area is 109 Å². The minimum atomic E-state index is -0.495. The predicted octanol–water partition coefficient (Wildman–Crippen LogP) is 1.67. The second kappa shape index (κ2) is 5.67. The third kappa shape index (κ3) is 3.00. The highest BCUT2D eigenvalue weighted by Gasteiger charge is 2.21. The first-order chi connectivity index (χ1) is 8.58. The molecule has 2 rings (SSSR count). The fourth-order valence-electron chi connectivity index (χ4n) is 2.52. The second-order valence-corrected chi connectivity index (χ2v) is 5.29. The van der Waals surface area contributed by atoms with Crippen molar-refractivity contribution in [2.24, 2.45) is 0 Å². The molecule has 100 valence electrons. The van der Waals surface area contributed by atoms with Gasteiger partial charge in [0, 0.05) is 19.6 Å². The largest absolute Gasteiger partial charge is 0.387 e. The van der Waals surface area contributed by atoms with E-state index in [0.29, 0.717) is 6.04 Å². The molecule has 18 heavy (non-hydrogen) atoms. The number of aromatic nitrogens is 1. The van der Waals surface area contributed by atoms with Crippen molar-refractivity contribution >= 4 is 5.69 Å². The Morgan fingerprint density at radius 2 is 2.28 bits per heavy atom. The van der Waals surface area contributed by atoms with Crippen LogP contribution in [0.5, 0.6) is 0 Å². The van der Waals surface area contributed by atoms with Crippen molar-refractivity contribution in [2.45, 2.75) is 31.9 Å². The van der Waals surface area contributed by atoms with Crippen molar-refractivity contribution in [1.29, 1.82) is 0 Å². The molecule has 0 aromatic carbocycles. The minimum Gasteiger partial charge on any atom is -0.387 e. The molecule has 1 fully saturated rings. The van der Waals surface area contributed by atoms with Gasteiger partial charge in [0.2, 0.25) is 0 Å². The summed E-state index contributed by atoms with van der Waals surface area (Å²) >= 11 is 0. The van der Waals surface area contributed by atoms with Crippen molar-refractivity contribution in [1.82, 2.24) is 9.88 Å². The molecule has 0 spiro atoms. The summed E-state index contributed by atoms with van der Waals surface area (Å²) in [5.41, 5.74) is 1.85. The minimum absolute atomic E-state index is 0.495. The zero-order chi connectivity index (χ0) is 13.1. The van der Waals surface area contributed by atoms with Crippen LogP contribution in [0.15, 0.2) is 18.3 Å². The number of aliphatic hydroxyl groups excluding tert-OH is 1. The van der Waals surface area contributed by atoms with Gasteiger partial charge in [-0.05, 0) is 45.5 Å². The molecule has 0 amide bonds. The van der Waals surface area contributed by atoms with Gasteiger partial charge in [-0.2, -0.15) is 0 Å². The van der Waals surface area contributed by atoms with Crippen LogP contribution in [0.3, 0.4) is 0 Å². The summed E-state index contributed by atoms with van der Waals surface area (Å²) in [6.07, 6.45) is 3.85. The van der Waals surface area contributed by atoms with Crippen LogP contribution in [0, 0.1) is 0 Å². The number of piperidine rings is 1. The third-order valence-corrected chi connectivity index (χ3v) is 3.75. The summed E-state index contributed by atoms with van der Waals surface area (Å²) in [6, 6.07) is 4.51. The molecule has 1 aliphatic rings. The van der Waals surface area contributed by atoms with Crippen molar-refractivity contribution in [2.75, 3.05) is 32.1 Å². The van der Waals surface area contributed by atoms with Gasteiger partial charge in [0.15, 0.2) is 0 Å². The molecule has 4 nitrogen and oxygen atoms in total. The van der Waals surface area contributed by atoms with E-state index in [1.165, 1.54) is 19.4 Å². The molecule has 1 N–H and O–H groups in total. The number of hydrogen-bond acceptors (Lipinski definition) is 4. The van der Waals surface area contributed by atoms with Gasteiger partial charge in [-0.25, -0.2) is 0 Å². The Bertz CT molecular complexity index is 377. The fraction of sp³-hybridized carbons (Fsp3) is 0.643. The molecule has 4 heteroatoms. The van der Waals surface area contributed by atoms with Crippen molar-refractivity contribution in [3.8, 4) is 0 Å². The van der Waals surface area contributed by atoms with Crippen LogP contribution in [-0.4, -0.2) is 48.2 Å². The number of likely N-dealkylation sites (tertiary alicyclic amines) is 1. The number of hydrogen-bond donors (Lipinski definition) is 1. The van der Waals surface area contributed by atoms with Gasteiger partial charge in [0.25, 0.3) is 0 Å². The summed E-state index contributed by atoms with van der Waals surface area (Å²) in [4.78, 5) is 8.99. The number of anilines is 1. The maximum Gasteiger partial charge on any atom is 0.0931 e. The summed E-state index contributed by atoms with van der Waals surface area (Å²) < 4.78 is 0. The summed E-state index contributed by atoms with van der Waals surface area (Å²) in [5, 5.41) is 9.45. The highest BCUT2D eigenvalue weighted by atomic mass is 16.3. The Kier molecular flexibility index (Phi) is 4.19. The molecular formula is C14H23N3O. The maximum atomic E-state index is 9.45. The molecule has 0 radical (unpaired) electrons. The standard InChI is InChI=1S/C14H23N3O/c1-11(18)14-7-6-12(9-15-14)17(3)13-5-4-8-16(2)10-13/h6-7,9,11,13,18H,4-5,8,10H2,1-3H3/t11-,13?/m1/s1. The number of pyridine rings is 1. The Morgan fingerprint density at radius 1 is 1.50 bits per heavy atom. The zero-order valence-electron chi connectivity index (χ0n) is 11.5. The molecule has 1 aromatic heterocycles. The van der Waals surface area contributed by atoms with Gasteiger partial charge in [-0.1, -0.05) is 0 Å². The molecule has 0 aliphatic carbocycles. The van der Waals surface area contributed by atoms with Gasteiger partial charge in [0.1, 0.15) is 0 Å². The second-order valence-electron chi connectivity index (χ2n) is 5.29. The van der Waals surface area contributed by atoms with E-state index in [9.17, 15) is 5.11 Å². The molecule has 0 saturated carbocycles. The SMILES string of the molecule is C[C@@H](O)c1ccc(N(C)C2CCCN(C)C2)cn1. The number of nitrogens with zero attached hydrogens (tertiary/aromatic N) is 3.